The molecule has 1 saturated heterocycles. The Morgan fingerprint density at radius 3 is 2.64 bits per heavy atom. The third kappa shape index (κ3) is 1.30. The van der Waals surface area contributed by atoms with E-state index in [1.54, 1.807) is 0 Å². The van der Waals surface area contributed by atoms with Crippen LogP contribution in [0.1, 0.15) is 26.2 Å². The Balaban J connectivity index is 1.93. The first-order valence-electron chi connectivity index (χ1n) is 4.59. The molecule has 1 atom stereocenters. The first-order chi connectivity index (χ1) is 5.20. The smallest absolute Gasteiger partial charge is 0.0670 e. The van der Waals surface area contributed by atoms with Crippen molar-refractivity contribution < 1.29 is 5.11 Å². The fraction of sp³-hybridized carbons (Fsp3) is 1.00. The van der Waals surface area contributed by atoms with Crippen LogP contribution in [0.4, 0.5) is 0 Å². The summed E-state index contributed by atoms with van der Waals surface area (Å²) in [5.41, 5.74) is 0.483. The lowest BCUT2D eigenvalue weighted by molar-refractivity contribution is -0.0203. The minimum atomic E-state index is -0.0868. The highest BCUT2D eigenvalue weighted by Crippen LogP contribution is 2.49. The molecule has 2 N–H and O–H groups in total. The van der Waals surface area contributed by atoms with E-state index in [-0.39, 0.29) is 6.10 Å². The predicted molar refractivity (Wildman–Crippen MR) is 44.3 cm³/mol. The Bertz CT molecular complexity index is 146. The SMILES string of the molecule is CC1CC2(CNCC(O)C2)C1. The molecule has 1 aliphatic heterocycles. The molecule has 64 valence electrons. The van der Waals surface area contributed by atoms with E-state index in [4.69, 9.17) is 0 Å². The Hall–Kier alpha value is -0.0800. The third-order valence-electron chi connectivity index (χ3n) is 3.11. The Labute approximate surface area is 68.0 Å². The second-order valence-corrected chi connectivity index (χ2v) is 4.50. The molecule has 1 unspecified atom stereocenters. The zero-order valence-corrected chi connectivity index (χ0v) is 7.14. The summed E-state index contributed by atoms with van der Waals surface area (Å²) in [6.45, 7) is 4.23. The molecule has 0 radical (unpaired) electrons. The van der Waals surface area contributed by atoms with Gasteiger partial charge in [-0.1, -0.05) is 6.92 Å². The number of rotatable bonds is 0. The molecule has 2 aliphatic rings. The van der Waals surface area contributed by atoms with Crippen LogP contribution < -0.4 is 5.32 Å². The number of aliphatic hydroxyl groups is 1. The van der Waals surface area contributed by atoms with Crippen LogP contribution in [0.3, 0.4) is 0 Å². The normalized spacial score (nSPS) is 50.7. The molecule has 11 heavy (non-hydrogen) atoms. The van der Waals surface area contributed by atoms with E-state index in [0.29, 0.717) is 5.41 Å². The Kier molecular flexibility index (Phi) is 1.69. The number of aliphatic hydroxyl groups excluding tert-OH is 1. The van der Waals surface area contributed by atoms with Crippen LogP contribution >= 0.6 is 0 Å². The van der Waals surface area contributed by atoms with Gasteiger partial charge in [0.1, 0.15) is 0 Å². The number of nitrogens with one attached hydrogen (secondary N) is 1. The molecule has 2 heteroatoms. The second-order valence-electron chi connectivity index (χ2n) is 4.50. The molecule has 1 spiro atoms. The molecule has 0 amide bonds. The van der Waals surface area contributed by atoms with Gasteiger partial charge < -0.3 is 10.4 Å². The average Bonchev–Trinajstić information content (AvgIpc) is 1.84. The minimum absolute atomic E-state index is 0.0868. The van der Waals surface area contributed by atoms with Gasteiger partial charge in [0.2, 0.25) is 0 Å². The van der Waals surface area contributed by atoms with Gasteiger partial charge in [-0.05, 0) is 30.6 Å². The molecule has 1 heterocycles. The van der Waals surface area contributed by atoms with E-state index in [9.17, 15) is 5.11 Å². The van der Waals surface area contributed by atoms with Gasteiger partial charge in [0.25, 0.3) is 0 Å². The van der Waals surface area contributed by atoms with Crippen LogP contribution in [-0.4, -0.2) is 24.3 Å². The molecular formula is C9H17NO. The van der Waals surface area contributed by atoms with E-state index in [0.717, 1.165) is 25.4 Å². The lowest BCUT2D eigenvalue weighted by Crippen LogP contribution is -2.52. The summed E-state index contributed by atoms with van der Waals surface area (Å²) < 4.78 is 0. The number of β-amino-alcohol motifs (C(OH)–C–C–N with tert-alkyl or cyclic N) is 1. The maximum Gasteiger partial charge on any atom is 0.0670 e. The van der Waals surface area contributed by atoms with Crippen molar-refractivity contribution in [3.63, 3.8) is 0 Å². The van der Waals surface area contributed by atoms with E-state index >= 15 is 0 Å². The summed E-state index contributed by atoms with van der Waals surface area (Å²) in [7, 11) is 0. The first kappa shape index (κ1) is 7.56. The second kappa shape index (κ2) is 2.46. The van der Waals surface area contributed by atoms with Crippen molar-refractivity contribution in [3.8, 4) is 0 Å². The fourth-order valence-corrected chi connectivity index (χ4v) is 2.88. The van der Waals surface area contributed by atoms with E-state index in [1.165, 1.54) is 12.8 Å². The minimum Gasteiger partial charge on any atom is -0.392 e. The molecule has 2 rings (SSSR count). The maximum absolute atomic E-state index is 9.43. The largest absolute Gasteiger partial charge is 0.392 e. The van der Waals surface area contributed by atoms with E-state index in [1.807, 2.05) is 0 Å². The summed E-state index contributed by atoms with van der Waals surface area (Å²) in [4.78, 5) is 0. The molecule has 0 aromatic heterocycles. The van der Waals surface area contributed by atoms with Gasteiger partial charge in [0.05, 0.1) is 6.10 Å². The number of piperidine rings is 1. The molecule has 0 aromatic rings. The highest BCUT2D eigenvalue weighted by molar-refractivity contribution is 4.97. The van der Waals surface area contributed by atoms with Gasteiger partial charge in [-0.2, -0.15) is 0 Å². The summed E-state index contributed by atoms with van der Waals surface area (Å²) in [5, 5.41) is 12.7. The van der Waals surface area contributed by atoms with Crippen LogP contribution in [0.2, 0.25) is 0 Å². The van der Waals surface area contributed by atoms with Crippen molar-refractivity contribution in [2.45, 2.75) is 32.3 Å². The summed E-state index contributed by atoms with van der Waals surface area (Å²) in [6.07, 6.45) is 3.58. The molecule has 1 aliphatic carbocycles. The summed E-state index contributed by atoms with van der Waals surface area (Å²) in [6, 6.07) is 0. The summed E-state index contributed by atoms with van der Waals surface area (Å²) in [5.74, 6) is 0.891. The van der Waals surface area contributed by atoms with Gasteiger partial charge in [-0.25, -0.2) is 0 Å². The molecule has 2 nitrogen and oxygen atoms in total. The highest BCUT2D eigenvalue weighted by Gasteiger charge is 2.44. The third-order valence-corrected chi connectivity index (χ3v) is 3.11. The van der Waals surface area contributed by atoms with Gasteiger partial charge >= 0.3 is 0 Å². The standard InChI is InChI=1S/C9H17NO/c1-7-2-9(3-7)4-8(11)5-10-6-9/h7-8,10-11H,2-6H2,1H3. The monoisotopic (exact) mass is 155 g/mol. The zero-order chi connectivity index (χ0) is 7.90. The Morgan fingerprint density at radius 2 is 2.09 bits per heavy atom. The number of hydrogen-bond acceptors (Lipinski definition) is 2. The van der Waals surface area contributed by atoms with Gasteiger partial charge in [0, 0.05) is 13.1 Å². The predicted octanol–water partition coefficient (Wildman–Crippen LogP) is 0.757. The van der Waals surface area contributed by atoms with Crippen LogP contribution in [0.25, 0.3) is 0 Å². The maximum atomic E-state index is 9.43. The van der Waals surface area contributed by atoms with Crippen LogP contribution in [-0.2, 0) is 0 Å². The van der Waals surface area contributed by atoms with E-state index < -0.39 is 0 Å². The zero-order valence-electron chi connectivity index (χ0n) is 7.14. The van der Waals surface area contributed by atoms with Crippen molar-refractivity contribution >= 4 is 0 Å². The first-order valence-corrected chi connectivity index (χ1v) is 4.59. The molecule has 0 aromatic carbocycles. The molecule has 2 fully saturated rings. The topological polar surface area (TPSA) is 32.3 Å². The lowest BCUT2D eigenvalue weighted by Gasteiger charge is -2.50. The van der Waals surface area contributed by atoms with Crippen molar-refractivity contribution in [2.24, 2.45) is 11.3 Å². The summed E-state index contributed by atoms with van der Waals surface area (Å²) >= 11 is 0. The number of hydrogen-bond donors (Lipinski definition) is 2. The average molecular weight is 155 g/mol. The fourth-order valence-electron chi connectivity index (χ4n) is 2.88. The van der Waals surface area contributed by atoms with Crippen LogP contribution in [0.5, 0.6) is 0 Å². The van der Waals surface area contributed by atoms with Crippen molar-refractivity contribution in [3.05, 3.63) is 0 Å². The van der Waals surface area contributed by atoms with Crippen molar-refractivity contribution in [1.82, 2.24) is 5.32 Å². The highest BCUT2D eigenvalue weighted by atomic mass is 16.3. The quantitative estimate of drug-likeness (QED) is 0.541. The van der Waals surface area contributed by atoms with Gasteiger partial charge in [-0.15, -0.1) is 0 Å². The van der Waals surface area contributed by atoms with Crippen LogP contribution in [0, 0.1) is 11.3 Å². The van der Waals surface area contributed by atoms with Crippen molar-refractivity contribution in [1.29, 1.82) is 0 Å². The molecule has 0 bridgehead atoms. The van der Waals surface area contributed by atoms with Crippen LogP contribution in [0.15, 0.2) is 0 Å². The molecule has 1 saturated carbocycles. The van der Waals surface area contributed by atoms with E-state index in [2.05, 4.69) is 12.2 Å². The Morgan fingerprint density at radius 1 is 1.36 bits per heavy atom. The van der Waals surface area contributed by atoms with Gasteiger partial charge in [-0.3, -0.25) is 0 Å². The van der Waals surface area contributed by atoms with Gasteiger partial charge in [0.15, 0.2) is 0 Å². The lowest BCUT2D eigenvalue weighted by atomic mass is 9.59. The molecular weight excluding hydrogens is 138 g/mol. The van der Waals surface area contributed by atoms with Crippen molar-refractivity contribution in [2.75, 3.05) is 13.1 Å².